The topological polar surface area (TPSA) is 9.23 Å². The molecule has 0 amide bonds. The lowest BCUT2D eigenvalue weighted by Gasteiger charge is -2.48. The highest BCUT2D eigenvalue weighted by Gasteiger charge is 2.42. The number of hydrogen-bond acceptors (Lipinski definition) is 1. The molecule has 2 saturated carbocycles. The quantitative estimate of drug-likeness (QED) is 0.261. The monoisotopic (exact) mass is 406 g/mol. The smallest absolute Gasteiger partial charge is 0.0690 e. The van der Waals surface area contributed by atoms with Gasteiger partial charge in [0.25, 0.3) is 0 Å². The SMILES string of the molecule is CC(C)CCCCCC1(OC2(CCCCCC(C)C)CCCCC2)CCCCC1. The van der Waals surface area contributed by atoms with Crippen molar-refractivity contribution >= 4 is 0 Å². The summed E-state index contributed by atoms with van der Waals surface area (Å²) >= 11 is 0. The van der Waals surface area contributed by atoms with Crippen LogP contribution in [0.2, 0.25) is 0 Å². The summed E-state index contributed by atoms with van der Waals surface area (Å²) in [6.45, 7) is 9.44. The zero-order valence-electron chi connectivity index (χ0n) is 20.7. The first-order valence-corrected chi connectivity index (χ1v) is 13.7. The van der Waals surface area contributed by atoms with Crippen molar-refractivity contribution in [2.24, 2.45) is 11.8 Å². The van der Waals surface area contributed by atoms with Crippen molar-refractivity contribution in [2.75, 3.05) is 0 Å². The van der Waals surface area contributed by atoms with E-state index in [1.54, 1.807) is 0 Å². The van der Waals surface area contributed by atoms with Crippen molar-refractivity contribution < 1.29 is 4.74 Å². The third kappa shape index (κ3) is 9.75. The van der Waals surface area contributed by atoms with Gasteiger partial charge >= 0.3 is 0 Å². The van der Waals surface area contributed by atoms with Gasteiger partial charge in [-0.25, -0.2) is 0 Å². The number of hydrogen-bond donors (Lipinski definition) is 0. The molecule has 0 aliphatic heterocycles. The largest absolute Gasteiger partial charge is 0.369 e. The Bertz CT molecular complexity index is 361. The summed E-state index contributed by atoms with van der Waals surface area (Å²) in [7, 11) is 0. The predicted octanol–water partition coefficient (Wildman–Crippen LogP) is 9.62. The van der Waals surface area contributed by atoms with E-state index in [1.165, 1.54) is 128 Å². The molecular formula is C28H54O. The third-order valence-electron chi connectivity index (χ3n) is 7.79. The summed E-state index contributed by atoms with van der Waals surface area (Å²) < 4.78 is 7.36. The van der Waals surface area contributed by atoms with E-state index < -0.39 is 0 Å². The first kappa shape index (κ1) is 25.2. The van der Waals surface area contributed by atoms with E-state index in [0.29, 0.717) is 0 Å². The molecule has 0 atom stereocenters. The highest BCUT2D eigenvalue weighted by atomic mass is 16.5. The maximum absolute atomic E-state index is 7.36. The summed E-state index contributed by atoms with van der Waals surface area (Å²) in [5, 5.41) is 0. The van der Waals surface area contributed by atoms with E-state index in [4.69, 9.17) is 4.74 Å². The zero-order valence-corrected chi connectivity index (χ0v) is 20.7. The van der Waals surface area contributed by atoms with Gasteiger partial charge in [0.05, 0.1) is 11.2 Å². The van der Waals surface area contributed by atoms with Crippen molar-refractivity contribution in [1.82, 2.24) is 0 Å². The number of ether oxygens (including phenoxy) is 1. The molecule has 0 unspecified atom stereocenters. The maximum atomic E-state index is 7.36. The Morgan fingerprint density at radius 1 is 0.517 bits per heavy atom. The van der Waals surface area contributed by atoms with Gasteiger partial charge in [0, 0.05) is 0 Å². The molecule has 0 N–H and O–H groups in total. The van der Waals surface area contributed by atoms with Crippen LogP contribution in [0.3, 0.4) is 0 Å². The summed E-state index contributed by atoms with van der Waals surface area (Å²) in [6, 6.07) is 0. The average molecular weight is 407 g/mol. The molecular weight excluding hydrogens is 352 g/mol. The van der Waals surface area contributed by atoms with Crippen molar-refractivity contribution in [2.45, 2.75) is 167 Å². The Labute approximate surface area is 184 Å². The van der Waals surface area contributed by atoms with Gasteiger partial charge in [-0.1, -0.05) is 118 Å². The Morgan fingerprint density at radius 2 is 0.897 bits per heavy atom. The molecule has 2 rings (SSSR count). The van der Waals surface area contributed by atoms with E-state index in [0.717, 1.165) is 11.8 Å². The van der Waals surface area contributed by atoms with Crippen LogP contribution in [0.1, 0.15) is 156 Å². The fraction of sp³-hybridized carbons (Fsp3) is 1.00. The molecule has 2 fully saturated rings. The minimum Gasteiger partial charge on any atom is -0.369 e. The summed E-state index contributed by atoms with van der Waals surface area (Å²) in [5.74, 6) is 1.71. The van der Waals surface area contributed by atoms with E-state index in [-0.39, 0.29) is 11.2 Å². The second-order valence-corrected chi connectivity index (χ2v) is 11.6. The molecule has 0 heterocycles. The van der Waals surface area contributed by atoms with E-state index in [2.05, 4.69) is 27.7 Å². The van der Waals surface area contributed by atoms with Crippen LogP contribution in [0.25, 0.3) is 0 Å². The Kier molecular flexibility index (Phi) is 11.6. The highest BCUT2D eigenvalue weighted by molar-refractivity contribution is 4.93. The highest BCUT2D eigenvalue weighted by Crippen LogP contribution is 2.45. The van der Waals surface area contributed by atoms with Gasteiger partial charge in [0.15, 0.2) is 0 Å². The van der Waals surface area contributed by atoms with Crippen molar-refractivity contribution in [3.8, 4) is 0 Å². The molecule has 1 heteroatoms. The fourth-order valence-corrected chi connectivity index (χ4v) is 6.01. The van der Waals surface area contributed by atoms with E-state index >= 15 is 0 Å². The lowest BCUT2D eigenvalue weighted by molar-refractivity contribution is -0.192. The number of rotatable bonds is 14. The first-order valence-electron chi connectivity index (χ1n) is 13.7. The minimum absolute atomic E-state index is 0.228. The minimum atomic E-state index is 0.228. The molecule has 172 valence electrons. The van der Waals surface area contributed by atoms with Gasteiger partial charge in [-0.15, -0.1) is 0 Å². The predicted molar refractivity (Wildman–Crippen MR) is 129 cm³/mol. The van der Waals surface area contributed by atoms with Crippen LogP contribution >= 0.6 is 0 Å². The standard InChI is InChI=1S/C28H54O/c1-25(2)17-9-5-11-19-27(21-13-7-14-22-27)29-28(23-15-8-16-24-28)20-12-6-10-18-26(3)4/h25-26H,5-24H2,1-4H3. The second kappa shape index (κ2) is 13.4. The van der Waals surface area contributed by atoms with Crippen LogP contribution in [-0.4, -0.2) is 11.2 Å². The molecule has 0 radical (unpaired) electrons. The Balaban J connectivity index is 1.90. The van der Waals surface area contributed by atoms with Gasteiger partial charge in [0.2, 0.25) is 0 Å². The molecule has 2 aliphatic rings. The molecule has 0 aromatic rings. The van der Waals surface area contributed by atoms with Crippen LogP contribution < -0.4 is 0 Å². The summed E-state index contributed by atoms with van der Waals surface area (Å²) in [6.07, 6.45) is 27.7. The molecule has 2 aliphatic carbocycles. The second-order valence-electron chi connectivity index (χ2n) is 11.6. The van der Waals surface area contributed by atoms with Crippen molar-refractivity contribution in [3.63, 3.8) is 0 Å². The molecule has 0 aromatic carbocycles. The van der Waals surface area contributed by atoms with Gasteiger partial charge < -0.3 is 4.74 Å². The van der Waals surface area contributed by atoms with Crippen LogP contribution in [0, 0.1) is 11.8 Å². The Hall–Kier alpha value is -0.0400. The zero-order chi connectivity index (χ0) is 21.0. The normalized spacial score (nSPS) is 21.7. The maximum Gasteiger partial charge on any atom is 0.0690 e. The summed E-state index contributed by atoms with van der Waals surface area (Å²) in [5.41, 5.74) is 0.455. The first-order chi connectivity index (χ1) is 14.0. The van der Waals surface area contributed by atoms with Gasteiger partial charge in [-0.2, -0.15) is 0 Å². The molecule has 29 heavy (non-hydrogen) atoms. The molecule has 0 spiro atoms. The van der Waals surface area contributed by atoms with Crippen molar-refractivity contribution in [1.29, 1.82) is 0 Å². The van der Waals surface area contributed by atoms with Gasteiger partial charge in [-0.3, -0.25) is 0 Å². The molecule has 0 saturated heterocycles. The van der Waals surface area contributed by atoms with Gasteiger partial charge in [-0.05, 0) is 50.4 Å². The van der Waals surface area contributed by atoms with Crippen molar-refractivity contribution in [3.05, 3.63) is 0 Å². The Morgan fingerprint density at radius 3 is 1.24 bits per heavy atom. The van der Waals surface area contributed by atoms with Crippen LogP contribution in [-0.2, 0) is 4.74 Å². The van der Waals surface area contributed by atoms with Crippen LogP contribution in [0.4, 0.5) is 0 Å². The molecule has 0 bridgehead atoms. The van der Waals surface area contributed by atoms with Gasteiger partial charge in [0.1, 0.15) is 0 Å². The van der Waals surface area contributed by atoms with Crippen LogP contribution in [0.5, 0.6) is 0 Å². The van der Waals surface area contributed by atoms with E-state index in [1.807, 2.05) is 0 Å². The third-order valence-corrected chi connectivity index (χ3v) is 7.79. The lowest BCUT2D eigenvalue weighted by Crippen LogP contribution is -2.47. The lowest BCUT2D eigenvalue weighted by atomic mass is 9.76. The number of unbranched alkanes of at least 4 members (excludes halogenated alkanes) is 4. The summed E-state index contributed by atoms with van der Waals surface area (Å²) in [4.78, 5) is 0. The fourth-order valence-electron chi connectivity index (χ4n) is 6.01. The van der Waals surface area contributed by atoms with Crippen LogP contribution in [0.15, 0.2) is 0 Å². The molecule has 0 aromatic heterocycles. The molecule has 1 nitrogen and oxygen atoms in total. The van der Waals surface area contributed by atoms with E-state index in [9.17, 15) is 0 Å². The average Bonchev–Trinajstić information content (AvgIpc) is 2.68.